The van der Waals surface area contributed by atoms with Gasteiger partial charge < -0.3 is 30.6 Å². The number of hydrazine groups is 1. The Morgan fingerprint density at radius 3 is 2.58 bits per heavy atom. The van der Waals surface area contributed by atoms with Crippen LogP contribution in [0.25, 0.3) is 0 Å². The molecule has 0 aromatic heterocycles. The van der Waals surface area contributed by atoms with Crippen LogP contribution in [0.4, 0.5) is 0 Å². The van der Waals surface area contributed by atoms with Gasteiger partial charge in [0.1, 0.15) is 30.5 Å². The van der Waals surface area contributed by atoms with Gasteiger partial charge >= 0.3 is 0 Å². The van der Waals surface area contributed by atoms with Crippen molar-refractivity contribution >= 4 is 28.8 Å². The van der Waals surface area contributed by atoms with Gasteiger partial charge in [-0.3, -0.25) is 0 Å². The first-order valence-electron chi connectivity index (χ1n) is 7.43. The van der Waals surface area contributed by atoms with Gasteiger partial charge in [0, 0.05) is 18.5 Å². The predicted octanol–water partition coefficient (Wildman–Crippen LogP) is -0.551. The molecule has 1 aliphatic heterocycles. The van der Waals surface area contributed by atoms with E-state index in [9.17, 15) is 20.4 Å². The molecule has 9 heteroatoms. The monoisotopic (exact) mass is 376 g/mol. The molecule has 6 N–H and O–H groups in total. The Morgan fingerprint density at radius 1 is 1.25 bits per heavy atom. The molecule has 0 saturated carbocycles. The van der Waals surface area contributed by atoms with Crippen molar-refractivity contribution in [3.63, 3.8) is 0 Å². The minimum atomic E-state index is -1.42. The van der Waals surface area contributed by atoms with Gasteiger partial charge in [0.05, 0.1) is 11.6 Å². The molecule has 0 unspecified atom stereocenters. The number of hydrogen-bond donors (Lipinski definition) is 6. The second-order valence-corrected chi connectivity index (χ2v) is 6.48. The number of benzene rings is 1. The molecule has 0 amide bonds. The predicted molar refractivity (Wildman–Crippen MR) is 92.7 cm³/mol. The fraction of sp³-hybridized carbons (Fsp3) is 0.533. The molecule has 0 radical (unpaired) electrons. The molecule has 5 atom stereocenters. The lowest BCUT2D eigenvalue weighted by molar-refractivity contribution is -0.231. The maximum Gasteiger partial charge on any atom is 0.113 e. The average molecular weight is 377 g/mol. The molecule has 0 bridgehead atoms. The van der Waals surface area contributed by atoms with E-state index >= 15 is 0 Å². The Morgan fingerprint density at radius 2 is 1.96 bits per heavy atom. The van der Waals surface area contributed by atoms with E-state index in [1.54, 1.807) is 25.2 Å². The van der Waals surface area contributed by atoms with Gasteiger partial charge in [-0.2, -0.15) is 0 Å². The normalized spacial score (nSPS) is 30.2. The number of nitrogens with one attached hydrogen (secondary N) is 2. The minimum Gasteiger partial charge on any atom is -0.394 e. The standard InChI is InChI=1S/C15H21ClN2O5S/c1-17-18-11(24)5-8-4-7(2-3-9(8)16)15-14(22)13(21)12(20)10(6-19)23-15/h2-4,10,12-15,17,19-22H,5-6H2,1H3,(H,18,24)/t10-,12-,13+,14-,15+/m1/s1. The van der Waals surface area contributed by atoms with E-state index in [1.807, 2.05) is 0 Å². The second-order valence-electron chi connectivity index (χ2n) is 5.58. The van der Waals surface area contributed by atoms with E-state index in [0.717, 1.165) is 5.56 Å². The highest BCUT2D eigenvalue weighted by molar-refractivity contribution is 7.80. The minimum absolute atomic E-state index is 0.375. The molecule has 2 rings (SSSR count). The van der Waals surface area contributed by atoms with Crippen LogP contribution in [0.2, 0.25) is 5.02 Å². The van der Waals surface area contributed by atoms with Crippen LogP contribution in [0.5, 0.6) is 0 Å². The topological polar surface area (TPSA) is 114 Å². The SMILES string of the molecule is CNNC(=S)Cc1cc([C@@H]2O[C@H](CO)[C@@H](O)[C@H](O)[C@H]2O)ccc1Cl. The summed E-state index contributed by atoms with van der Waals surface area (Å²) in [5.41, 5.74) is 6.81. The maximum atomic E-state index is 10.2. The van der Waals surface area contributed by atoms with Gasteiger partial charge in [-0.1, -0.05) is 36.0 Å². The number of hydrogen-bond acceptors (Lipinski definition) is 7. The smallest absolute Gasteiger partial charge is 0.113 e. The Bertz CT molecular complexity index is 589. The molecule has 7 nitrogen and oxygen atoms in total. The van der Waals surface area contributed by atoms with Gasteiger partial charge in [-0.25, -0.2) is 5.43 Å². The number of aliphatic hydroxyl groups is 4. The fourth-order valence-corrected chi connectivity index (χ4v) is 3.08. The number of halogens is 1. The van der Waals surface area contributed by atoms with Gasteiger partial charge in [0.2, 0.25) is 0 Å². The molecule has 1 fully saturated rings. The molecule has 1 aromatic carbocycles. The van der Waals surface area contributed by atoms with E-state index in [4.69, 9.17) is 28.6 Å². The Balaban J connectivity index is 2.26. The highest BCUT2D eigenvalue weighted by atomic mass is 35.5. The fourth-order valence-electron chi connectivity index (χ4n) is 2.64. The van der Waals surface area contributed by atoms with E-state index in [0.29, 0.717) is 22.0 Å². The third-order valence-corrected chi connectivity index (χ3v) is 4.52. The Labute approximate surface area is 150 Å². The number of ether oxygens (including phenoxy) is 1. The summed E-state index contributed by atoms with van der Waals surface area (Å²) in [5.74, 6) is 0. The first kappa shape index (κ1) is 19.5. The summed E-state index contributed by atoms with van der Waals surface area (Å²) < 4.78 is 5.55. The molecule has 134 valence electrons. The second kappa shape index (κ2) is 8.50. The van der Waals surface area contributed by atoms with Crippen LogP contribution in [-0.2, 0) is 11.2 Å². The third kappa shape index (κ3) is 4.22. The Hall–Kier alpha value is -0.840. The number of aliphatic hydroxyl groups excluding tert-OH is 4. The highest BCUT2D eigenvalue weighted by Crippen LogP contribution is 2.34. The van der Waals surface area contributed by atoms with Crippen molar-refractivity contribution in [2.24, 2.45) is 0 Å². The summed E-state index contributed by atoms with van der Waals surface area (Å²) in [5, 5.41) is 39.7. The molecule has 24 heavy (non-hydrogen) atoms. The summed E-state index contributed by atoms with van der Waals surface area (Å²) in [4.78, 5) is 0.533. The summed E-state index contributed by atoms with van der Waals surface area (Å²) in [6, 6.07) is 5.03. The van der Waals surface area contributed by atoms with Crippen LogP contribution < -0.4 is 10.9 Å². The van der Waals surface area contributed by atoms with Crippen molar-refractivity contribution in [1.82, 2.24) is 10.9 Å². The van der Waals surface area contributed by atoms with Crippen LogP contribution in [0.15, 0.2) is 18.2 Å². The van der Waals surface area contributed by atoms with Crippen LogP contribution in [0, 0.1) is 0 Å². The largest absolute Gasteiger partial charge is 0.394 e. The zero-order valence-corrected chi connectivity index (χ0v) is 14.6. The lowest BCUT2D eigenvalue weighted by Gasteiger charge is -2.40. The molecule has 0 spiro atoms. The zero-order chi connectivity index (χ0) is 17.9. The lowest BCUT2D eigenvalue weighted by atomic mass is 9.90. The van der Waals surface area contributed by atoms with Crippen molar-refractivity contribution in [3.05, 3.63) is 34.3 Å². The Kier molecular flexibility index (Phi) is 6.90. The van der Waals surface area contributed by atoms with Gasteiger partial charge in [-0.05, 0) is 17.2 Å². The molecule has 1 saturated heterocycles. The van der Waals surface area contributed by atoms with Crippen LogP contribution >= 0.6 is 23.8 Å². The zero-order valence-electron chi connectivity index (χ0n) is 13.0. The van der Waals surface area contributed by atoms with Crippen molar-refractivity contribution in [1.29, 1.82) is 0 Å². The van der Waals surface area contributed by atoms with Crippen molar-refractivity contribution in [2.75, 3.05) is 13.7 Å². The van der Waals surface area contributed by atoms with E-state index in [-0.39, 0.29) is 0 Å². The van der Waals surface area contributed by atoms with Crippen LogP contribution in [-0.4, -0.2) is 63.5 Å². The summed E-state index contributed by atoms with van der Waals surface area (Å²) in [6.45, 7) is -0.474. The molecular formula is C15H21ClN2O5S. The molecule has 1 aromatic rings. The molecule has 0 aliphatic carbocycles. The molecule has 1 aliphatic rings. The summed E-state index contributed by atoms with van der Waals surface area (Å²) in [7, 11) is 1.69. The van der Waals surface area contributed by atoms with Crippen molar-refractivity contribution < 1.29 is 25.2 Å². The summed E-state index contributed by atoms with van der Waals surface area (Å²) in [6.07, 6.45) is -5.63. The van der Waals surface area contributed by atoms with Gasteiger partial charge in [-0.15, -0.1) is 0 Å². The quantitative estimate of drug-likeness (QED) is 0.300. The van der Waals surface area contributed by atoms with E-state index < -0.39 is 37.1 Å². The van der Waals surface area contributed by atoms with E-state index in [1.165, 1.54) is 0 Å². The van der Waals surface area contributed by atoms with Crippen molar-refractivity contribution in [3.8, 4) is 0 Å². The highest BCUT2D eigenvalue weighted by Gasteiger charge is 2.43. The van der Waals surface area contributed by atoms with Crippen molar-refractivity contribution in [2.45, 2.75) is 36.9 Å². The molecule has 1 heterocycles. The molecular weight excluding hydrogens is 356 g/mol. The maximum absolute atomic E-state index is 10.2. The van der Waals surface area contributed by atoms with Crippen LogP contribution in [0.1, 0.15) is 17.2 Å². The third-order valence-electron chi connectivity index (χ3n) is 3.91. The van der Waals surface area contributed by atoms with E-state index in [2.05, 4.69) is 10.9 Å². The lowest BCUT2D eigenvalue weighted by Crippen LogP contribution is -2.55. The number of thiocarbonyl (C=S) groups is 1. The average Bonchev–Trinajstić information content (AvgIpc) is 2.55. The first-order valence-corrected chi connectivity index (χ1v) is 8.22. The first-order chi connectivity index (χ1) is 11.4. The number of rotatable bonds is 5. The van der Waals surface area contributed by atoms with Gasteiger partial charge in [0.15, 0.2) is 0 Å². The summed E-state index contributed by atoms with van der Waals surface area (Å²) >= 11 is 11.4. The van der Waals surface area contributed by atoms with Gasteiger partial charge in [0.25, 0.3) is 0 Å². The van der Waals surface area contributed by atoms with Crippen LogP contribution in [0.3, 0.4) is 0 Å².